The number of halogens is 5. The summed E-state index contributed by atoms with van der Waals surface area (Å²) in [4.78, 5) is -1.31. The molecule has 0 saturated carbocycles. The molecule has 8 heteroatoms. The normalized spacial score (nSPS) is 10.8. The van der Waals surface area contributed by atoms with Crippen LogP contribution < -0.4 is 0 Å². The van der Waals surface area contributed by atoms with Crippen molar-refractivity contribution in [3.8, 4) is 6.07 Å². The highest BCUT2D eigenvalue weighted by Crippen LogP contribution is 2.24. The number of nitriles is 1. The monoisotopic (exact) mass is 266 g/mol. The van der Waals surface area contributed by atoms with Crippen LogP contribution in [0.15, 0.2) is 18.2 Å². The van der Waals surface area contributed by atoms with Crippen molar-refractivity contribution >= 4 is 17.2 Å². The van der Waals surface area contributed by atoms with Gasteiger partial charge in [-0.05, 0) is 12.1 Å². The van der Waals surface area contributed by atoms with Gasteiger partial charge in [0.25, 0.3) is 0 Å². The number of hydrogen-bond donors (Lipinski definition) is 0. The fourth-order valence-electron chi connectivity index (χ4n) is 0.946. The average Bonchev–Trinajstić information content (AvgIpc) is 2.30. The smallest absolute Gasteiger partial charge is 0.204 e. The topological polar surface area (TPSA) is 27.0 Å². The van der Waals surface area contributed by atoms with Crippen LogP contribution >= 0.6 is 12.2 Å². The molecule has 0 aliphatic heterocycles. The van der Waals surface area contributed by atoms with E-state index < -0.39 is 33.4 Å². The average molecular weight is 266 g/mol. The summed E-state index contributed by atoms with van der Waals surface area (Å²) in [6.45, 7) is 0. The second-order valence-electron chi connectivity index (χ2n) is 2.84. The molecule has 0 aliphatic rings. The third-order valence-electron chi connectivity index (χ3n) is 1.74. The summed E-state index contributed by atoms with van der Waals surface area (Å²) >= 11 is 4.22. The maximum Gasteiger partial charge on any atom is 0.442 e. The first-order valence-electron chi connectivity index (χ1n) is 4.04. The van der Waals surface area contributed by atoms with Gasteiger partial charge in [0.15, 0.2) is 17.7 Å². The Morgan fingerprint density at radius 3 is 2.47 bits per heavy atom. The van der Waals surface area contributed by atoms with E-state index in [9.17, 15) is 22.0 Å². The number of thiocarbonyl (C=S) groups is 1. The molecule has 0 atom stereocenters. The Morgan fingerprint density at radius 2 is 1.94 bits per heavy atom. The largest absolute Gasteiger partial charge is 0.442 e. The first kappa shape index (κ1) is 13.3. The zero-order chi connectivity index (χ0) is 13.2. The van der Waals surface area contributed by atoms with Crippen LogP contribution in [0.2, 0.25) is 0 Å². The second-order valence-corrected chi connectivity index (χ2v) is 3.23. The van der Waals surface area contributed by atoms with Gasteiger partial charge in [0.1, 0.15) is 4.99 Å². The number of rotatable bonds is 2. The van der Waals surface area contributed by atoms with Crippen molar-refractivity contribution in [2.75, 3.05) is 0 Å². The van der Waals surface area contributed by atoms with Crippen molar-refractivity contribution in [3.63, 3.8) is 0 Å². The van der Waals surface area contributed by atoms with Gasteiger partial charge in [0, 0.05) is 0 Å². The number of benzene rings is 1. The Kier molecular flexibility index (Phi) is 3.63. The van der Waals surface area contributed by atoms with Crippen molar-refractivity contribution in [1.29, 1.82) is 5.26 Å². The molecule has 0 unspecified atom stereocenters. The minimum Gasteiger partial charge on any atom is -0.204 e. The van der Waals surface area contributed by atoms with E-state index in [1.807, 2.05) is 0 Å². The second kappa shape index (κ2) is 4.63. The Bertz CT molecular complexity index is 497. The summed E-state index contributed by atoms with van der Waals surface area (Å²) in [6, 6.07) is -1.70. The molecule has 2 nitrogen and oxygen atoms in total. The van der Waals surface area contributed by atoms with Gasteiger partial charge in [0.05, 0.1) is 5.56 Å². The van der Waals surface area contributed by atoms with Gasteiger partial charge < -0.3 is 0 Å². The molecule has 0 heterocycles. The lowest BCUT2D eigenvalue weighted by molar-refractivity contribution is -0.145. The third kappa shape index (κ3) is 2.50. The quantitative estimate of drug-likeness (QED) is 0.356. The molecule has 0 spiro atoms. The molecular formula is C9H3F5N2S. The minimum atomic E-state index is -4.55. The van der Waals surface area contributed by atoms with Crippen LogP contribution in [0.25, 0.3) is 0 Å². The van der Waals surface area contributed by atoms with E-state index in [0.717, 1.165) is 12.1 Å². The summed E-state index contributed by atoms with van der Waals surface area (Å²) in [5, 5.41) is 6.59. The SMILES string of the molecule is N#CC(F)(F)N(F)C(=S)c1cccc(F)c1F. The highest BCUT2D eigenvalue weighted by molar-refractivity contribution is 7.80. The van der Waals surface area contributed by atoms with E-state index in [-0.39, 0.29) is 0 Å². The van der Waals surface area contributed by atoms with E-state index in [4.69, 9.17) is 5.26 Å². The Morgan fingerprint density at radius 1 is 1.35 bits per heavy atom. The number of nitrogens with zero attached hydrogens (tertiary/aromatic N) is 2. The van der Waals surface area contributed by atoms with Crippen molar-refractivity contribution in [3.05, 3.63) is 35.4 Å². The van der Waals surface area contributed by atoms with Crippen molar-refractivity contribution in [2.24, 2.45) is 0 Å². The Hall–Kier alpha value is -1.75. The summed E-state index contributed by atoms with van der Waals surface area (Å²) in [6.07, 6.45) is 0. The number of hydrogen-bond acceptors (Lipinski definition) is 2. The van der Waals surface area contributed by atoms with Crippen molar-refractivity contribution in [1.82, 2.24) is 5.12 Å². The summed E-state index contributed by atoms with van der Waals surface area (Å²) in [5.41, 5.74) is -0.863. The van der Waals surface area contributed by atoms with Gasteiger partial charge >= 0.3 is 6.05 Å². The summed E-state index contributed by atoms with van der Waals surface area (Å²) < 4.78 is 64.1. The maximum atomic E-state index is 13.1. The van der Waals surface area contributed by atoms with E-state index >= 15 is 0 Å². The van der Waals surface area contributed by atoms with Gasteiger partial charge in [-0.25, -0.2) is 8.78 Å². The first-order chi connectivity index (χ1) is 7.81. The predicted molar refractivity (Wildman–Crippen MR) is 51.6 cm³/mol. The Balaban J connectivity index is 3.15. The van der Waals surface area contributed by atoms with Gasteiger partial charge in [-0.2, -0.15) is 14.0 Å². The van der Waals surface area contributed by atoms with Crippen LogP contribution in [0.1, 0.15) is 5.56 Å². The molecule has 17 heavy (non-hydrogen) atoms. The molecule has 0 bridgehead atoms. The van der Waals surface area contributed by atoms with Crippen LogP contribution in [-0.2, 0) is 0 Å². The molecule has 0 saturated heterocycles. The molecule has 1 aromatic rings. The lowest BCUT2D eigenvalue weighted by Gasteiger charge is -2.18. The van der Waals surface area contributed by atoms with Gasteiger partial charge in [-0.1, -0.05) is 22.8 Å². The lowest BCUT2D eigenvalue weighted by Crippen LogP contribution is -2.38. The van der Waals surface area contributed by atoms with Gasteiger partial charge in [-0.3, -0.25) is 0 Å². The molecule has 0 amide bonds. The molecular weight excluding hydrogens is 263 g/mol. The molecule has 90 valence electrons. The molecule has 0 aliphatic carbocycles. The van der Waals surface area contributed by atoms with Crippen LogP contribution in [0.3, 0.4) is 0 Å². The van der Waals surface area contributed by atoms with E-state index in [0.29, 0.717) is 12.1 Å². The fraction of sp³-hybridized carbons (Fsp3) is 0.111. The summed E-state index contributed by atoms with van der Waals surface area (Å²) in [5.74, 6) is -2.92. The Labute approximate surface area is 97.8 Å². The van der Waals surface area contributed by atoms with Crippen LogP contribution in [-0.4, -0.2) is 16.2 Å². The number of alkyl halides is 2. The highest BCUT2D eigenvalue weighted by Gasteiger charge is 2.41. The zero-order valence-corrected chi connectivity index (χ0v) is 8.74. The third-order valence-corrected chi connectivity index (χ3v) is 2.12. The lowest BCUT2D eigenvalue weighted by atomic mass is 10.2. The first-order valence-corrected chi connectivity index (χ1v) is 4.45. The standard InChI is InChI=1S/C9H3F5N2S/c10-6-3-1-2-5(7(6)11)8(17)16(14)9(12,13)4-15/h1-3H. The molecule has 0 N–H and O–H groups in total. The van der Waals surface area contributed by atoms with Crippen LogP contribution in [0.4, 0.5) is 22.0 Å². The minimum absolute atomic E-state index is 0.340. The molecule has 1 aromatic carbocycles. The maximum absolute atomic E-state index is 13.1. The van der Waals surface area contributed by atoms with E-state index in [1.54, 1.807) is 0 Å². The van der Waals surface area contributed by atoms with Gasteiger partial charge in [-0.15, -0.1) is 5.12 Å². The molecule has 0 fully saturated rings. The highest BCUT2D eigenvalue weighted by atomic mass is 32.1. The van der Waals surface area contributed by atoms with Gasteiger partial charge in [0.2, 0.25) is 0 Å². The van der Waals surface area contributed by atoms with Crippen LogP contribution in [0.5, 0.6) is 0 Å². The van der Waals surface area contributed by atoms with E-state index in [2.05, 4.69) is 12.2 Å². The van der Waals surface area contributed by atoms with Crippen LogP contribution in [0, 0.1) is 23.0 Å². The van der Waals surface area contributed by atoms with Crippen molar-refractivity contribution < 1.29 is 22.0 Å². The molecule has 0 radical (unpaired) electrons. The zero-order valence-electron chi connectivity index (χ0n) is 7.92. The summed E-state index contributed by atoms with van der Waals surface area (Å²) in [7, 11) is 0. The molecule has 1 rings (SSSR count). The van der Waals surface area contributed by atoms with E-state index in [1.165, 1.54) is 0 Å². The predicted octanol–water partition coefficient (Wildman–Crippen LogP) is 2.94. The fourth-order valence-corrected chi connectivity index (χ4v) is 1.22. The molecule has 0 aromatic heterocycles. The van der Waals surface area contributed by atoms with Crippen molar-refractivity contribution in [2.45, 2.75) is 6.05 Å².